The largest absolute Gasteiger partial charge is 0.368 e. The number of carbonyl (C=O) groups excluding carboxylic acids is 2. The van der Waals surface area contributed by atoms with Gasteiger partial charge < -0.3 is 5.32 Å². The van der Waals surface area contributed by atoms with Crippen molar-refractivity contribution in [3.8, 4) is 0 Å². The Morgan fingerprint density at radius 2 is 2.10 bits per heavy atom. The van der Waals surface area contributed by atoms with Crippen LogP contribution >= 0.6 is 11.6 Å². The SMILES string of the molecule is O=C1N=C(/C=C/c2cccc(Cl)c2)NC(=O)C1[N+](=O)[O-]. The molecule has 1 unspecified atom stereocenters. The quantitative estimate of drug-likeness (QED) is 0.511. The van der Waals surface area contributed by atoms with Gasteiger partial charge in [0.05, 0.1) is 0 Å². The number of aliphatic imine (C=N–C) groups is 1. The first-order valence-electron chi connectivity index (χ1n) is 5.48. The third kappa shape index (κ3) is 3.07. The van der Waals surface area contributed by atoms with Crippen molar-refractivity contribution < 1.29 is 14.5 Å². The Labute approximate surface area is 118 Å². The predicted octanol–water partition coefficient (Wildman–Crippen LogP) is 1.05. The van der Waals surface area contributed by atoms with Crippen LogP contribution in [0.4, 0.5) is 0 Å². The number of hydrogen-bond acceptors (Lipinski definition) is 4. The first-order valence-corrected chi connectivity index (χ1v) is 5.86. The summed E-state index contributed by atoms with van der Waals surface area (Å²) in [6.45, 7) is 0. The van der Waals surface area contributed by atoms with Crippen molar-refractivity contribution in [1.82, 2.24) is 5.32 Å². The minimum atomic E-state index is -1.97. The molecule has 102 valence electrons. The van der Waals surface area contributed by atoms with Gasteiger partial charge in [-0.2, -0.15) is 4.99 Å². The Bertz CT molecular complexity index is 654. The van der Waals surface area contributed by atoms with E-state index < -0.39 is 22.8 Å². The highest BCUT2D eigenvalue weighted by molar-refractivity contribution is 6.30. The summed E-state index contributed by atoms with van der Waals surface area (Å²) in [5.41, 5.74) is 0.735. The summed E-state index contributed by atoms with van der Waals surface area (Å²) in [6, 6.07) is 4.89. The summed E-state index contributed by atoms with van der Waals surface area (Å²) in [4.78, 5) is 35.8. The van der Waals surface area contributed by atoms with E-state index in [0.717, 1.165) is 5.56 Å². The maximum Gasteiger partial charge on any atom is 0.368 e. The van der Waals surface area contributed by atoms with Crippen molar-refractivity contribution in [2.75, 3.05) is 0 Å². The molecule has 2 rings (SSSR count). The topological polar surface area (TPSA) is 102 Å². The summed E-state index contributed by atoms with van der Waals surface area (Å²) < 4.78 is 0. The molecular formula is C12H8ClN3O4. The van der Waals surface area contributed by atoms with Crippen molar-refractivity contribution in [3.05, 3.63) is 51.0 Å². The lowest BCUT2D eigenvalue weighted by molar-refractivity contribution is -0.493. The fraction of sp³-hybridized carbons (Fsp3) is 0.0833. The molecule has 1 N–H and O–H groups in total. The number of carbonyl (C=O) groups is 2. The molecule has 1 aromatic rings. The van der Waals surface area contributed by atoms with Gasteiger partial charge in [0.2, 0.25) is 0 Å². The highest BCUT2D eigenvalue weighted by Gasteiger charge is 2.41. The summed E-state index contributed by atoms with van der Waals surface area (Å²) in [7, 11) is 0. The third-order valence-corrected chi connectivity index (χ3v) is 2.69. The Kier molecular flexibility index (Phi) is 3.90. The van der Waals surface area contributed by atoms with Gasteiger partial charge in [-0.1, -0.05) is 29.8 Å². The fourth-order valence-electron chi connectivity index (χ4n) is 1.56. The van der Waals surface area contributed by atoms with Crippen LogP contribution < -0.4 is 5.32 Å². The van der Waals surface area contributed by atoms with Crippen molar-refractivity contribution in [2.45, 2.75) is 6.04 Å². The first kappa shape index (κ1) is 13.9. The number of rotatable bonds is 3. The summed E-state index contributed by atoms with van der Waals surface area (Å²) in [5.74, 6) is -2.14. The highest BCUT2D eigenvalue weighted by atomic mass is 35.5. The Balaban J connectivity index is 2.19. The average molecular weight is 294 g/mol. The maximum absolute atomic E-state index is 11.4. The number of nitrogens with zero attached hydrogens (tertiary/aromatic N) is 2. The second-order valence-corrected chi connectivity index (χ2v) is 4.34. The third-order valence-electron chi connectivity index (χ3n) is 2.46. The molecule has 0 radical (unpaired) electrons. The molecule has 0 bridgehead atoms. The number of nitrogens with one attached hydrogen (secondary N) is 1. The molecule has 0 aromatic heterocycles. The van der Waals surface area contributed by atoms with E-state index >= 15 is 0 Å². The lowest BCUT2D eigenvalue weighted by Crippen LogP contribution is -2.50. The molecule has 1 aliphatic rings. The molecule has 20 heavy (non-hydrogen) atoms. The predicted molar refractivity (Wildman–Crippen MR) is 71.9 cm³/mol. The van der Waals surface area contributed by atoms with Crippen molar-refractivity contribution in [2.24, 2.45) is 4.99 Å². The van der Waals surface area contributed by atoms with Gasteiger partial charge in [0.15, 0.2) is 0 Å². The molecule has 7 nitrogen and oxygen atoms in total. The Morgan fingerprint density at radius 3 is 2.70 bits per heavy atom. The maximum atomic E-state index is 11.4. The molecule has 0 aliphatic carbocycles. The zero-order valence-electron chi connectivity index (χ0n) is 9.95. The van der Waals surface area contributed by atoms with Crippen molar-refractivity contribution in [1.29, 1.82) is 0 Å². The van der Waals surface area contributed by atoms with Crippen molar-refractivity contribution >= 4 is 35.3 Å². The molecule has 1 atom stereocenters. The van der Waals surface area contributed by atoms with E-state index in [2.05, 4.69) is 10.3 Å². The Morgan fingerprint density at radius 1 is 1.35 bits per heavy atom. The van der Waals surface area contributed by atoms with Crippen LogP contribution in [0, 0.1) is 10.1 Å². The van der Waals surface area contributed by atoms with E-state index in [1.807, 2.05) is 0 Å². The van der Waals surface area contributed by atoms with Gasteiger partial charge in [-0.05, 0) is 23.8 Å². The summed E-state index contributed by atoms with van der Waals surface area (Å²) in [5, 5.41) is 13.2. The summed E-state index contributed by atoms with van der Waals surface area (Å²) >= 11 is 5.80. The number of halogens is 1. The second-order valence-electron chi connectivity index (χ2n) is 3.90. The first-order chi connectivity index (χ1) is 9.47. The minimum Gasteiger partial charge on any atom is -0.304 e. The van der Waals surface area contributed by atoms with E-state index in [-0.39, 0.29) is 5.84 Å². The number of benzene rings is 1. The van der Waals surface area contributed by atoms with E-state index in [4.69, 9.17) is 11.6 Å². The highest BCUT2D eigenvalue weighted by Crippen LogP contribution is 2.12. The van der Waals surface area contributed by atoms with E-state index in [1.54, 1.807) is 30.3 Å². The lowest BCUT2D eigenvalue weighted by Gasteiger charge is -2.12. The standard InChI is InChI=1S/C12H8ClN3O4/c13-8-3-1-2-7(6-8)4-5-9-14-11(17)10(16(19)20)12(18)15-9/h1-6,10H,(H,14,15,17,18)/b5-4+. The van der Waals surface area contributed by atoms with Crippen molar-refractivity contribution in [3.63, 3.8) is 0 Å². The zero-order valence-corrected chi connectivity index (χ0v) is 10.7. The number of hydrogen-bond donors (Lipinski definition) is 1. The zero-order chi connectivity index (χ0) is 14.7. The van der Waals surface area contributed by atoms with Gasteiger partial charge in [0.1, 0.15) is 5.84 Å². The fourth-order valence-corrected chi connectivity index (χ4v) is 1.76. The smallest absolute Gasteiger partial charge is 0.304 e. The molecule has 1 heterocycles. The minimum absolute atomic E-state index is 0.0434. The van der Waals surface area contributed by atoms with E-state index in [1.165, 1.54) is 6.08 Å². The van der Waals surface area contributed by atoms with Crippen LogP contribution in [0.15, 0.2) is 35.3 Å². The van der Waals surface area contributed by atoms with Crippen LogP contribution in [-0.2, 0) is 9.59 Å². The molecule has 0 fully saturated rings. The van der Waals surface area contributed by atoms with Crippen LogP contribution in [-0.4, -0.2) is 28.6 Å². The van der Waals surface area contributed by atoms with Gasteiger partial charge in [0.25, 0.3) is 0 Å². The van der Waals surface area contributed by atoms with Crippen LogP contribution in [0.2, 0.25) is 5.02 Å². The van der Waals surface area contributed by atoms with Gasteiger partial charge in [-0.3, -0.25) is 19.7 Å². The molecule has 1 aromatic carbocycles. The second kappa shape index (κ2) is 5.62. The van der Waals surface area contributed by atoms with Crippen LogP contribution in [0.3, 0.4) is 0 Å². The summed E-state index contributed by atoms with van der Waals surface area (Å²) in [6.07, 6.45) is 2.95. The molecule has 2 amide bonds. The molecule has 1 aliphatic heterocycles. The van der Waals surface area contributed by atoms with Gasteiger partial charge in [0, 0.05) is 9.95 Å². The number of nitro groups is 1. The van der Waals surface area contributed by atoms with Crippen LogP contribution in [0.25, 0.3) is 6.08 Å². The van der Waals surface area contributed by atoms with Crippen LogP contribution in [0.1, 0.15) is 5.56 Å². The number of amides is 2. The normalized spacial score (nSPS) is 18.9. The average Bonchev–Trinajstić information content (AvgIpc) is 2.35. The molecule has 0 spiro atoms. The number of amidine groups is 1. The van der Waals surface area contributed by atoms with E-state index in [9.17, 15) is 19.7 Å². The molecule has 0 saturated heterocycles. The monoisotopic (exact) mass is 293 g/mol. The van der Waals surface area contributed by atoms with Gasteiger partial charge in [-0.25, -0.2) is 0 Å². The molecule has 8 heteroatoms. The van der Waals surface area contributed by atoms with Gasteiger partial charge in [-0.15, -0.1) is 0 Å². The van der Waals surface area contributed by atoms with Gasteiger partial charge >= 0.3 is 17.9 Å². The van der Waals surface area contributed by atoms with E-state index in [0.29, 0.717) is 5.02 Å². The molecule has 0 saturated carbocycles. The lowest BCUT2D eigenvalue weighted by atomic mass is 10.2. The Hall–Kier alpha value is -2.54. The molecular weight excluding hydrogens is 286 g/mol. The van der Waals surface area contributed by atoms with Crippen LogP contribution in [0.5, 0.6) is 0 Å².